The summed E-state index contributed by atoms with van der Waals surface area (Å²) in [6.07, 6.45) is 0.649. The molecule has 1 fully saturated rings. The van der Waals surface area contributed by atoms with Gasteiger partial charge in [-0.1, -0.05) is 24.3 Å². The number of hydrogen-bond acceptors (Lipinski definition) is 3. The number of hydrogen-bond donors (Lipinski definition) is 3. The van der Waals surface area contributed by atoms with Crippen molar-refractivity contribution < 1.29 is 29.7 Å². The van der Waals surface area contributed by atoms with Gasteiger partial charge in [-0.2, -0.15) is 0 Å². The lowest BCUT2D eigenvalue weighted by Gasteiger charge is -2.26. The van der Waals surface area contributed by atoms with Gasteiger partial charge in [0.25, 0.3) is 0 Å². The monoisotopic (exact) mass is 292 g/mol. The molecule has 2 rings (SSSR count). The van der Waals surface area contributed by atoms with Crippen LogP contribution in [-0.4, -0.2) is 33.2 Å². The van der Waals surface area contributed by atoms with Gasteiger partial charge in [-0.3, -0.25) is 14.4 Å². The molecule has 6 heteroatoms. The molecule has 1 aromatic rings. The highest BCUT2D eigenvalue weighted by atomic mass is 16.4. The standard InChI is InChI=1S/C15H16O6/c16-12(17)7-15(14(20)21,8-13(18)19)11-5-3-10(4-6-11)9-1-2-9/h3-6,9H,1-2,7-8H2,(H,16,17)(H,18,19)(H,20,21). The van der Waals surface area contributed by atoms with Crippen LogP contribution < -0.4 is 0 Å². The Morgan fingerprint density at radius 2 is 1.43 bits per heavy atom. The zero-order chi connectivity index (χ0) is 15.6. The molecule has 3 N–H and O–H groups in total. The topological polar surface area (TPSA) is 112 Å². The number of benzene rings is 1. The predicted octanol–water partition coefficient (Wildman–Crippen LogP) is 1.84. The number of carboxylic acids is 3. The second-order valence-corrected chi connectivity index (χ2v) is 5.42. The van der Waals surface area contributed by atoms with E-state index in [2.05, 4.69) is 0 Å². The molecule has 0 spiro atoms. The molecule has 1 aromatic carbocycles. The third-order valence-corrected chi connectivity index (χ3v) is 3.83. The highest BCUT2D eigenvalue weighted by Crippen LogP contribution is 2.41. The molecule has 0 aromatic heterocycles. The maximum atomic E-state index is 11.6. The molecule has 0 aliphatic heterocycles. The first-order valence-corrected chi connectivity index (χ1v) is 6.62. The molecule has 0 saturated heterocycles. The molecule has 0 radical (unpaired) electrons. The van der Waals surface area contributed by atoms with E-state index >= 15 is 0 Å². The second kappa shape index (κ2) is 5.55. The van der Waals surface area contributed by atoms with Crippen molar-refractivity contribution in [3.8, 4) is 0 Å². The van der Waals surface area contributed by atoms with E-state index in [1.165, 1.54) is 12.1 Å². The SMILES string of the molecule is O=C(O)CC(CC(=O)O)(C(=O)O)c1ccc(C2CC2)cc1. The molecule has 1 aliphatic carbocycles. The first-order valence-electron chi connectivity index (χ1n) is 6.62. The van der Waals surface area contributed by atoms with Crippen molar-refractivity contribution in [2.24, 2.45) is 0 Å². The zero-order valence-electron chi connectivity index (χ0n) is 11.3. The van der Waals surface area contributed by atoms with Crippen LogP contribution in [0.5, 0.6) is 0 Å². The smallest absolute Gasteiger partial charge is 0.315 e. The third-order valence-electron chi connectivity index (χ3n) is 3.83. The summed E-state index contributed by atoms with van der Waals surface area (Å²) in [5.74, 6) is -3.64. The summed E-state index contributed by atoms with van der Waals surface area (Å²) in [5, 5.41) is 27.4. The van der Waals surface area contributed by atoms with Gasteiger partial charge in [0.2, 0.25) is 0 Å². The van der Waals surface area contributed by atoms with Gasteiger partial charge in [0, 0.05) is 0 Å². The fourth-order valence-corrected chi connectivity index (χ4v) is 2.55. The molecular weight excluding hydrogens is 276 g/mol. The maximum Gasteiger partial charge on any atom is 0.315 e. The average molecular weight is 292 g/mol. The van der Waals surface area contributed by atoms with E-state index in [1.807, 2.05) is 0 Å². The molecule has 0 atom stereocenters. The van der Waals surface area contributed by atoms with Crippen LogP contribution in [0.2, 0.25) is 0 Å². The van der Waals surface area contributed by atoms with Crippen LogP contribution in [0.25, 0.3) is 0 Å². The van der Waals surface area contributed by atoms with Crippen LogP contribution in [0.4, 0.5) is 0 Å². The van der Waals surface area contributed by atoms with Gasteiger partial charge < -0.3 is 15.3 Å². The van der Waals surface area contributed by atoms with Crippen molar-refractivity contribution >= 4 is 17.9 Å². The molecule has 1 aliphatic rings. The summed E-state index contributed by atoms with van der Waals surface area (Å²) in [6, 6.07) is 6.59. The fraction of sp³-hybridized carbons (Fsp3) is 0.400. The van der Waals surface area contributed by atoms with Crippen LogP contribution in [0.15, 0.2) is 24.3 Å². The molecule has 0 bridgehead atoms. The Morgan fingerprint density at radius 3 is 1.76 bits per heavy atom. The summed E-state index contributed by atoms with van der Waals surface area (Å²) in [7, 11) is 0. The molecule has 0 amide bonds. The Balaban J connectivity index is 2.42. The molecule has 0 heterocycles. The molecule has 0 unspecified atom stereocenters. The van der Waals surface area contributed by atoms with E-state index in [0.29, 0.717) is 5.92 Å². The number of carbonyl (C=O) groups is 3. The van der Waals surface area contributed by atoms with E-state index in [-0.39, 0.29) is 5.56 Å². The minimum absolute atomic E-state index is 0.212. The Hall–Kier alpha value is -2.37. The van der Waals surface area contributed by atoms with Crippen molar-refractivity contribution in [2.45, 2.75) is 37.0 Å². The van der Waals surface area contributed by atoms with Gasteiger partial charge in [-0.25, -0.2) is 0 Å². The van der Waals surface area contributed by atoms with Crippen molar-refractivity contribution in [3.63, 3.8) is 0 Å². The average Bonchev–Trinajstić information content (AvgIpc) is 3.21. The lowest BCUT2D eigenvalue weighted by atomic mass is 9.74. The maximum absolute atomic E-state index is 11.6. The van der Waals surface area contributed by atoms with E-state index in [1.54, 1.807) is 12.1 Å². The lowest BCUT2D eigenvalue weighted by molar-refractivity contribution is -0.154. The lowest BCUT2D eigenvalue weighted by Crippen LogP contribution is -2.40. The minimum Gasteiger partial charge on any atom is -0.481 e. The third kappa shape index (κ3) is 3.21. The fourth-order valence-electron chi connectivity index (χ4n) is 2.55. The molecule has 112 valence electrons. The Morgan fingerprint density at radius 1 is 0.952 bits per heavy atom. The summed E-state index contributed by atoms with van der Waals surface area (Å²) < 4.78 is 0. The molecule has 21 heavy (non-hydrogen) atoms. The normalized spacial score (nSPS) is 14.7. The highest BCUT2D eigenvalue weighted by molar-refractivity contribution is 5.91. The van der Waals surface area contributed by atoms with E-state index in [4.69, 9.17) is 10.2 Å². The van der Waals surface area contributed by atoms with Crippen molar-refractivity contribution in [1.29, 1.82) is 0 Å². The van der Waals surface area contributed by atoms with Gasteiger partial charge in [-0.05, 0) is 29.9 Å². The number of aliphatic carboxylic acids is 3. The van der Waals surface area contributed by atoms with Crippen LogP contribution in [-0.2, 0) is 19.8 Å². The van der Waals surface area contributed by atoms with Crippen molar-refractivity contribution in [1.82, 2.24) is 0 Å². The van der Waals surface area contributed by atoms with Gasteiger partial charge in [0.15, 0.2) is 0 Å². The second-order valence-electron chi connectivity index (χ2n) is 5.42. The molecule has 6 nitrogen and oxygen atoms in total. The van der Waals surface area contributed by atoms with Gasteiger partial charge in [0.05, 0.1) is 12.8 Å². The van der Waals surface area contributed by atoms with Crippen molar-refractivity contribution in [2.75, 3.05) is 0 Å². The van der Waals surface area contributed by atoms with Gasteiger partial charge in [0.1, 0.15) is 5.41 Å². The van der Waals surface area contributed by atoms with E-state index < -0.39 is 36.2 Å². The number of carboxylic acid groups (broad SMARTS) is 3. The summed E-state index contributed by atoms with van der Waals surface area (Å²) in [4.78, 5) is 33.6. The highest BCUT2D eigenvalue weighted by Gasteiger charge is 2.44. The van der Waals surface area contributed by atoms with E-state index in [9.17, 15) is 19.5 Å². The summed E-state index contributed by atoms with van der Waals surface area (Å²) in [6.45, 7) is 0. The quantitative estimate of drug-likeness (QED) is 0.707. The Labute approximate surface area is 121 Å². The zero-order valence-corrected chi connectivity index (χ0v) is 11.3. The van der Waals surface area contributed by atoms with Crippen LogP contribution in [0.1, 0.15) is 42.7 Å². The minimum atomic E-state index is -1.94. The summed E-state index contributed by atoms with van der Waals surface area (Å²) >= 11 is 0. The molecular formula is C15H16O6. The van der Waals surface area contributed by atoms with Crippen LogP contribution in [0.3, 0.4) is 0 Å². The van der Waals surface area contributed by atoms with E-state index in [0.717, 1.165) is 18.4 Å². The number of rotatable bonds is 7. The largest absolute Gasteiger partial charge is 0.481 e. The summed E-state index contributed by atoms with van der Waals surface area (Å²) in [5.41, 5.74) is -0.660. The van der Waals surface area contributed by atoms with Crippen LogP contribution >= 0.6 is 0 Å². The predicted molar refractivity (Wildman–Crippen MR) is 72.2 cm³/mol. The van der Waals surface area contributed by atoms with Crippen molar-refractivity contribution in [3.05, 3.63) is 35.4 Å². The van der Waals surface area contributed by atoms with Crippen LogP contribution in [0, 0.1) is 0 Å². The first-order chi connectivity index (χ1) is 9.85. The first kappa shape index (κ1) is 15.0. The Bertz CT molecular complexity index is 554. The molecule has 1 saturated carbocycles. The Kier molecular flexibility index (Phi) is 3.97. The van der Waals surface area contributed by atoms with Gasteiger partial charge >= 0.3 is 17.9 Å². The van der Waals surface area contributed by atoms with Gasteiger partial charge in [-0.15, -0.1) is 0 Å².